The van der Waals surface area contributed by atoms with Crippen molar-refractivity contribution in [2.45, 2.75) is 44.5 Å². The Morgan fingerprint density at radius 3 is 2.50 bits per heavy atom. The third-order valence-electron chi connectivity index (χ3n) is 5.48. The average Bonchev–Trinajstić information content (AvgIpc) is 2.79. The lowest BCUT2D eigenvalue weighted by Gasteiger charge is -2.34. The predicted octanol–water partition coefficient (Wildman–Crippen LogP) is 4.97. The first-order valence-corrected chi connectivity index (χ1v) is 11.0. The lowest BCUT2D eigenvalue weighted by atomic mass is 10.0. The van der Waals surface area contributed by atoms with Gasteiger partial charge in [-0.15, -0.1) is 0 Å². The molecule has 8 heteroatoms. The van der Waals surface area contributed by atoms with Gasteiger partial charge in [-0.3, -0.25) is 0 Å². The Hall–Kier alpha value is -2.74. The van der Waals surface area contributed by atoms with Gasteiger partial charge in [-0.1, -0.05) is 36.4 Å². The van der Waals surface area contributed by atoms with E-state index in [1.807, 2.05) is 35.2 Å². The van der Waals surface area contributed by atoms with Crippen molar-refractivity contribution in [1.29, 1.82) is 0 Å². The lowest BCUT2D eigenvalue weighted by Crippen LogP contribution is -2.48. The summed E-state index contributed by atoms with van der Waals surface area (Å²) >= 11 is 0. The maximum atomic E-state index is 12.9. The Balaban J connectivity index is 1.27. The third-order valence-corrected chi connectivity index (χ3v) is 5.48. The number of hydrogen-bond donors (Lipinski definition) is 2. The molecule has 0 bridgehead atoms. The largest absolute Gasteiger partial charge is 0.416 e. The molecule has 1 fully saturated rings. The minimum atomic E-state index is -4.35. The van der Waals surface area contributed by atoms with Gasteiger partial charge in [-0.2, -0.15) is 13.2 Å². The van der Waals surface area contributed by atoms with E-state index in [9.17, 15) is 18.0 Å². The number of amides is 2. The molecule has 2 aromatic rings. The summed E-state index contributed by atoms with van der Waals surface area (Å²) in [7, 11) is 0. The number of rotatable bonds is 9. The van der Waals surface area contributed by atoms with Crippen LogP contribution in [0.15, 0.2) is 54.6 Å². The Bertz CT molecular complexity index is 838. The van der Waals surface area contributed by atoms with Gasteiger partial charge in [0.05, 0.1) is 12.2 Å². The van der Waals surface area contributed by atoms with Gasteiger partial charge in [0.2, 0.25) is 0 Å². The molecule has 3 rings (SSSR count). The van der Waals surface area contributed by atoms with E-state index in [-0.39, 0.29) is 12.1 Å². The van der Waals surface area contributed by atoms with E-state index in [1.165, 1.54) is 12.1 Å². The molecule has 2 N–H and O–H groups in total. The SMILES string of the molecule is O=C(NCCCCOCc1ccccc1)NC1CCN(c2cccc(C(F)(F)F)c2)CC1. The zero-order valence-electron chi connectivity index (χ0n) is 18.0. The number of alkyl halides is 3. The van der Waals surface area contributed by atoms with E-state index in [4.69, 9.17) is 4.74 Å². The smallest absolute Gasteiger partial charge is 0.377 e. The van der Waals surface area contributed by atoms with Crippen LogP contribution in [0.4, 0.5) is 23.7 Å². The number of piperidine rings is 1. The van der Waals surface area contributed by atoms with Gasteiger partial charge in [-0.25, -0.2) is 4.79 Å². The number of halogens is 3. The maximum Gasteiger partial charge on any atom is 0.416 e. The van der Waals surface area contributed by atoms with Crippen molar-refractivity contribution in [2.75, 3.05) is 31.1 Å². The van der Waals surface area contributed by atoms with Crippen molar-refractivity contribution in [3.8, 4) is 0 Å². The van der Waals surface area contributed by atoms with Crippen LogP contribution in [0.25, 0.3) is 0 Å². The molecule has 0 spiro atoms. The number of ether oxygens (including phenoxy) is 1. The van der Waals surface area contributed by atoms with E-state index in [2.05, 4.69) is 10.6 Å². The molecule has 1 aliphatic heterocycles. The molecule has 0 atom stereocenters. The van der Waals surface area contributed by atoms with Crippen molar-refractivity contribution in [3.05, 3.63) is 65.7 Å². The molecule has 5 nitrogen and oxygen atoms in total. The minimum Gasteiger partial charge on any atom is -0.377 e. The second-order valence-electron chi connectivity index (χ2n) is 7.95. The Morgan fingerprint density at radius 1 is 1.03 bits per heavy atom. The van der Waals surface area contributed by atoms with Crippen LogP contribution in [0.1, 0.15) is 36.8 Å². The number of carbonyl (C=O) groups is 1. The van der Waals surface area contributed by atoms with Gasteiger partial charge in [0.1, 0.15) is 0 Å². The van der Waals surface area contributed by atoms with Gasteiger partial charge in [-0.05, 0) is 49.4 Å². The molecule has 174 valence electrons. The van der Waals surface area contributed by atoms with Gasteiger partial charge < -0.3 is 20.3 Å². The Labute approximate surface area is 186 Å². The molecule has 1 aliphatic rings. The first-order valence-electron chi connectivity index (χ1n) is 11.0. The summed E-state index contributed by atoms with van der Waals surface area (Å²) in [5.41, 5.74) is 1.07. The minimum absolute atomic E-state index is 0.0197. The van der Waals surface area contributed by atoms with Crippen molar-refractivity contribution in [2.24, 2.45) is 0 Å². The molecule has 0 unspecified atom stereocenters. The molecule has 1 saturated heterocycles. The van der Waals surface area contributed by atoms with Gasteiger partial charge >= 0.3 is 12.2 Å². The summed E-state index contributed by atoms with van der Waals surface area (Å²) in [5.74, 6) is 0. The van der Waals surface area contributed by atoms with Crippen LogP contribution >= 0.6 is 0 Å². The number of benzene rings is 2. The van der Waals surface area contributed by atoms with E-state index in [1.54, 1.807) is 6.07 Å². The standard InChI is InChI=1S/C24H30F3N3O2/c25-24(26,27)20-9-6-10-22(17-20)30-14-11-21(12-15-30)29-23(31)28-13-4-5-16-32-18-19-7-2-1-3-8-19/h1-3,6-10,17,21H,4-5,11-16,18H2,(H2,28,29,31). The van der Waals surface area contributed by atoms with Crippen molar-refractivity contribution in [1.82, 2.24) is 10.6 Å². The van der Waals surface area contributed by atoms with Crippen molar-refractivity contribution >= 4 is 11.7 Å². The molecule has 32 heavy (non-hydrogen) atoms. The summed E-state index contributed by atoms with van der Waals surface area (Å²) in [6.45, 7) is 3.01. The fourth-order valence-corrected chi connectivity index (χ4v) is 3.69. The number of hydrogen-bond acceptors (Lipinski definition) is 3. The first kappa shape index (κ1) is 23.9. The average molecular weight is 450 g/mol. The molecule has 0 saturated carbocycles. The van der Waals surface area contributed by atoms with Crippen LogP contribution in [-0.4, -0.2) is 38.3 Å². The zero-order chi connectivity index (χ0) is 22.8. The van der Waals surface area contributed by atoms with E-state index >= 15 is 0 Å². The Kier molecular flexibility index (Phi) is 8.79. The van der Waals surface area contributed by atoms with Crippen molar-refractivity contribution in [3.63, 3.8) is 0 Å². The highest BCUT2D eigenvalue weighted by molar-refractivity contribution is 5.74. The molecule has 0 radical (unpaired) electrons. The molecular formula is C24H30F3N3O2. The second kappa shape index (κ2) is 11.8. The fraction of sp³-hybridized carbons (Fsp3) is 0.458. The van der Waals surface area contributed by atoms with Gasteiger partial charge in [0.15, 0.2) is 0 Å². The first-order chi connectivity index (χ1) is 15.4. The number of carbonyl (C=O) groups excluding carboxylic acids is 1. The highest BCUT2D eigenvalue weighted by Crippen LogP contribution is 2.32. The normalized spacial score (nSPS) is 14.9. The molecular weight excluding hydrogens is 419 g/mol. The molecule has 0 aromatic heterocycles. The summed E-state index contributed by atoms with van der Waals surface area (Å²) in [5, 5.41) is 5.82. The maximum absolute atomic E-state index is 12.9. The second-order valence-corrected chi connectivity index (χ2v) is 7.95. The third kappa shape index (κ3) is 7.75. The number of nitrogens with zero attached hydrogens (tertiary/aromatic N) is 1. The molecule has 2 amide bonds. The molecule has 0 aliphatic carbocycles. The van der Waals surface area contributed by atoms with Crippen molar-refractivity contribution < 1.29 is 22.7 Å². The molecule has 1 heterocycles. The van der Waals surface area contributed by atoms with Crippen LogP contribution in [0.5, 0.6) is 0 Å². The van der Waals surface area contributed by atoms with Crippen LogP contribution in [0, 0.1) is 0 Å². The molecule has 2 aromatic carbocycles. The number of unbranched alkanes of at least 4 members (excludes halogenated alkanes) is 1. The fourth-order valence-electron chi connectivity index (χ4n) is 3.69. The quantitative estimate of drug-likeness (QED) is 0.532. The van der Waals surface area contributed by atoms with Crippen LogP contribution < -0.4 is 15.5 Å². The Morgan fingerprint density at radius 2 is 1.78 bits per heavy atom. The number of nitrogens with one attached hydrogen (secondary N) is 2. The summed E-state index contributed by atoms with van der Waals surface area (Å²) in [6.07, 6.45) is -1.27. The van der Waals surface area contributed by atoms with Crippen LogP contribution in [0.2, 0.25) is 0 Å². The van der Waals surface area contributed by atoms with Gasteiger partial charge in [0.25, 0.3) is 0 Å². The summed E-state index contributed by atoms with van der Waals surface area (Å²) in [6, 6.07) is 15.2. The summed E-state index contributed by atoms with van der Waals surface area (Å²) in [4.78, 5) is 14.0. The highest BCUT2D eigenvalue weighted by atomic mass is 19.4. The van der Waals surface area contributed by atoms with Crippen LogP contribution in [-0.2, 0) is 17.5 Å². The highest BCUT2D eigenvalue weighted by Gasteiger charge is 2.31. The number of anilines is 1. The summed E-state index contributed by atoms with van der Waals surface area (Å²) < 4.78 is 44.4. The predicted molar refractivity (Wildman–Crippen MR) is 119 cm³/mol. The van der Waals surface area contributed by atoms with Gasteiger partial charge in [0, 0.05) is 38.0 Å². The zero-order valence-corrected chi connectivity index (χ0v) is 18.0. The topological polar surface area (TPSA) is 53.6 Å². The lowest BCUT2D eigenvalue weighted by molar-refractivity contribution is -0.137. The van der Waals surface area contributed by atoms with E-state index in [0.717, 1.165) is 24.5 Å². The van der Waals surface area contributed by atoms with E-state index in [0.29, 0.717) is 51.4 Å². The van der Waals surface area contributed by atoms with E-state index < -0.39 is 11.7 Å². The van der Waals surface area contributed by atoms with Crippen LogP contribution in [0.3, 0.4) is 0 Å². The monoisotopic (exact) mass is 449 g/mol. The number of urea groups is 1.